The lowest BCUT2D eigenvalue weighted by atomic mass is 10.1. The molecule has 2 atom stereocenters. The van der Waals surface area contributed by atoms with Crippen LogP contribution in [0.4, 0.5) is 0 Å². The van der Waals surface area contributed by atoms with Crippen molar-refractivity contribution in [1.82, 2.24) is 10.2 Å². The second kappa shape index (κ2) is 5.32. The molecule has 1 saturated heterocycles. The van der Waals surface area contributed by atoms with Crippen LogP contribution in [0.3, 0.4) is 0 Å². The molecule has 1 aromatic rings. The van der Waals surface area contributed by atoms with Crippen molar-refractivity contribution in [3.8, 4) is 11.5 Å². The van der Waals surface area contributed by atoms with Crippen LogP contribution in [0.5, 0.6) is 11.5 Å². The number of piperazine rings is 1. The third kappa shape index (κ3) is 2.45. The maximum Gasteiger partial charge on any atom is 0.254 e. The van der Waals surface area contributed by atoms with Gasteiger partial charge in [0.1, 0.15) is 13.2 Å². The largest absolute Gasteiger partial charge is 0.486 e. The first kappa shape index (κ1) is 13.2. The van der Waals surface area contributed by atoms with Crippen LogP contribution in [-0.4, -0.2) is 49.2 Å². The Labute approximate surface area is 118 Å². The SMILES string of the molecule is CC1CN(C(=O)c2ccc3c(c2)OCCO3)C(C)CN1. The van der Waals surface area contributed by atoms with Crippen LogP contribution in [0.1, 0.15) is 24.2 Å². The minimum Gasteiger partial charge on any atom is -0.486 e. The van der Waals surface area contributed by atoms with Crippen molar-refractivity contribution in [3.63, 3.8) is 0 Å². The molecule has 0 saturated carbocycles. The molecule has 0 bridgehead atoms. The normalized spacial score (nSPS) is 25.4. The molecule has 2 heterocycles. The molecule has 1 amide bonds. The van der Waals surface area contributed by atoms with E-state index in [0.29, 0.717) is 30.6 Å². The van der Waals surface area contributed by atoms with E-state index in [9.17, 15) is 4.79 Å². The fraction of sp³-hybridized carbons (Fsp3) is 0.533. The molecule has 5 heteroatoms. The number of rotatable bonds is 1. The molecule has 20 heavy (non-hydrogen) atoms. The highest BCUT2D eigenvalue weighted by Crippen LogP contribution is 2.31. The molecular weight excluding hydrogens is 256 g/mol. The van der Waals surface area contributed by atoms with Gasteiger partial charge in [-0.2, -0.15) is 0 Å². The Balaban J connectivity index is 1.82. The van der Waals surface area contributed by atoms with Gasteiger partial charge in [-0.1, -0.05) is 0 Å². The number of ether oxygens (including phenoxy) is 2. The Hall–Kier alpha value is -1.75. The van der Waals surface area contributed by atoms with Crippen molar-refractivity contribution in [3.05, 3.63) is 23.8 Å². The minimum absolute atomic E-state index is 0.0582. The van der Waals surface area contributed by atoms with E-state index in [1.54, 1.807) is 6.07 Å². The molecule has 3 rings (SSSR count). The van der Waals surface area contributed by atoms with E-state index in [4.69, 9.17) is 9.47 Å². The number of nitrogens with one attached hydrogen (secondary N) is 1. The third-order valence-corrected chi connectivity index (χ3v) is 3.81. The summed E-state index contributed by atoms with van der Waals surface area (Å²) in [6.45, 7) is 6.81. The predicted molar refractivity (Wildman–Crippen MR) is 75.4 cm³/mol. The van der Waals surface area contributed by atoms with Gasteiger partial charge >= 0.3 is 0 Å². The number of nitrogens with zero attached hydrogens (tertiary/aromatic N) is 1. The quantitative estimate of drug-likeness (QED) is 0.839. The summed E-state index contributed by atoms with van der Waals surface area (Å²) in [4.78, 5) is 14.6. The number of carbonyl (C=O) groups is 1. The van der Waals surface area contributed by atoms with E-state index >= 15 is 0 Å². The third-order valence-electron chi connectivity index (χ3n) is 3.81. The maximum atomic E-state index is 12.6. The van der Waals surface area contributed by atoms with Crippen LogP contribution >= 0.6 is 0 Å². The van der Waals surface area contributed by atoms with Gasteiger partial charge in [0, 0.05) is 30.7 Å². The molecule has 1 fully saturated rings. The van der Waals surface area contributed by atoms with Crippen molar-refractivity contribution in [2.24, 2.45) is 0 Å². The molecule has 108 valence electrons. The summed E-state index contributed by atoms with van der Waals surface area (Å²) in [7, 11) is 0. The number of fused-ring (bicyclic) bond motifs is 1. The molecule has 5 nitrogen and oxygen atoms in total. The average molecular weight is 276 g/mol. The van der Waals surface area contributed by atoms with E-state index in [2.05, 4.69) is 19.2 Å². The molecular formula is C15H20N2O3. The van der Waals surface area contributed by atoms with Gasteiger partial charge in [-0.25, -0.2) is 0 Å². The number of hydrogen-bond acceptors (Lipinski definition) is 4. The van der Waals surface area contributed by atoms with Crippen molar-refractivity contribution < 1.29 is 14.3 Å². The van der Waals surface area contributed by atoms with Gasteiger partial charge in [0.05, 0.1) is 0 Å². The van der Waals surface area contributed by atoms with Crippen LogP contribution in [0.2, 0.25) is 0 Å². The number of hydrogen-bond donors (Lipinski definition) is 1. The van der Waals surface area contributed by atoms with E-state index < -0.39 is 0 Å². The summed E-state index contributed by atoms with van der Waals surface area (Å²) < 4.78 is 11.0. The van der Waals surface area contributed by atoms with Gasteiger partial charge in [0.2, 0.25) is 0 Å². The van der Waals surface area contributed by atoms with Crippen LogP contribution < -0.4 is 14.8 Å². The second-order valence-corrected chi connectivity index (χ2v) is 5.47. The Bertz CT molecular complexity index is 518. The minimum atomic E-state index is 0.0582. The lowest BCUT2D eigenvalue weighted by Gasteiger charge is -2.37. The summed E-state index contributed by atoms with van der Waals surface area (Å²) in [5.41, 5.74) is 0.662. The molecule has 0 aromatic heterocycles. The van der Waals surface area contributed by atoms with Gasteiger partial charge in [0.25, 0.3) is 5.91 Å². The fourth-order valence-corrected chi connectivity index (χ4v) is 2.65. The standard InChI is InChI=1S/C15H20N2O3/c1-10-9-17(11(2)8-16-10)15(18)12-3-4-13-14(7-12)20-6-5-19-13/h3-4,7,10-11,16H,5-6,8-9H2,1-2H3. The van der Waals surface area contributed by atoms with Crippen LogP contribution in [-0.2, 0) is 0 Å². The number of carbonyl (C=O) groups excluding carboxylic acids is 1. The maximum absolute atomic E-state index is 12.6. The van der Waals surface area contributed by atoms with E-state index in [-0.39, 0.29) is 11.9 Å². The highest BCUT2D eigenvalue weighted by molar-refractivity contribution is 5.95. The van der Waals surface area contributed by atoms with Crippen LogP contribution in [0.15, 0.2) is 18.2 Å². The molecule has 1 N–H and O–H groups in total. The van der Waals surface area contributed by atoms with Crippen molar-refractivity contribution in [2.75, 3.05) is 26.3 Å². The summed E-state index contributed by atoms with van der Waals surface area (Å²) >= 11 is 0. The highest BCUT2D eigenvalue weighted by Gasteiger charge is 2.28. The first-order valence-electron chi connectivity index (χ1n) is 7.09. The van der Waals surface area contributed by atoms with Crippen LogP contribution in [0, 0.1) is 0 Å². The molecule has 0 spiro atoms. The summed E-state index contributed by atoms with van der Waals surface area (Å²) in [5.74, 6) is 1.44. The van der Waals surface area contributed by atoms with Gasteiger partial charge < -0.3 is 19.7 Å². The molecule has 1 aromatic carbocycles. The second-order valence-electron chi connectivity index (χ2n) is 5.47. The van der Waals surface area contributed by atoms with E-state index in [1.165, 1.54) is 0 Å². The Morgan fingerprint density at radius 2 is 2.00 bits per heavy atom. The zero-order valence-corrected chi connectivity index (χ0v) is 11.9. The smallest absolute Gasteiger partial charge is 0.254 e. The topological polar surface area (TPSA) is 50.8 Å². The first-order chi connectivity index (χ1) is 9.65. The first-order valence-corrected chi connectivity index (χ1v) is 7.09. The fourth-order valence-electron chi connectivity index (χ4n) is 2.65. The Morgan fingerprint density at radius 1 is 1.25 bits per heavy atom. The molecule has 0 aliphatic carbocycles. The van der Waals surface area contributed by atoms with Crippen molar-refractivity contribution in [1.29, 1.82) is 0 Å². The summed E-state index contributed by atoms with van der Waals surface area (Å²) in [5, 5.41) is 3.38. The van der Waals surface area contributed by atoms with E-state index in [1.807, 2.05) is 17.0 Å². The highest BCUT2D eigenvalue weighted by atomic mass is 16.6. The van der Waals surface area contributed by atoms with Gasteiger partial charge in [-0.15, -0.1) is 0 Å². The van der Waals surface area contributed by atoms with Gasteiger partial charge in [-0.05, 0) is 32.0 Å². The molecule has 0 radical (unpaired) electrons. The van der Waals surface area contributed by atoms with Gasteiger partial charge in [0.15, 0.2) is 11.5 Å². The lowest BCUT2D eigenvalue weighted by molar-refractivity contribution is 0.0615. The monoisotopic (exact) mass is 276 g/mol. The average Bonchev–Trinajstić information content (AvgIpc) is 2.48. The van der Waals surface area contributed by atoms with Crippen molar-refractivity contribution in [2.45, 2.75) is 25.9 Å². The Morgan fingerprint density at radius 3 is 2.80 bits per heavy atom. The Kier molecular flexibility index (Phi) is 3.53. The molecule has 2 unspecified atom stereocenters. The predicted octanol–water partition coefficient (Wildman–Crippen LogP) is 1.28. The number of benzene rings is 1. The summed E-state index contributed by atoms with van der Waals surface area (Å²) in [6.07, 6.45) is 0. The van der Waals surface area contributed by atoms with E-state index in [0.717, 1.165) is 18.8 Å². The lowest BCUT2D eigenvalue weighted by Crippen LogP contribution is -2.56. The zero-order valence-electron chi connectivity index (χ0n) is 11.9. The van der Waals surface area contributed by atoms with Crippen LogP contribution in [0.25, 0.3) is 0 Å². The van der Waals surface area contributed by atoms with Gasteiger partial charge in [-0.3, -0.25) is 4.79 Å². The summed E-state index contributed by atoms with van der Waals surface area (Å²) in [6, 6.07) is 5.95. The zero-order chi connectivity index (χ0) is 14.1. The molecule has 2 aliphatic rings. The van der Waals surface area contributed by atoms with Crippen molar-refractivity contribution >= 4 is 5.91 Å². The number of amides is 1. The molecule has 2 aliphatic heterocycles.